The number of halogens is 2. The molecule has 5 atom stereocenters. The second kappa shape index (κ2) is 7.83. The molecular formula is C19H24Cl2N2O. The van der Waals surface area contributed by atoms with Crippen LogP contribution in [0.1, 0.15) is 24.5 Å². The molecule has 3 aliphatic rings. The van der Waals surface area contributed by atoms with Crippen LogP contribution >= 0.6 is 24.8 Å². The maximum atomic E-state index is 11.0. The van der Waals surface area contributed by atoms with Crippen LogP contribution in [0.4, 0.5) is 0 Å². The van der Waals surface area contributed by atoms with Crippen LogP contribution in [0.5, 0.6) is 0 Å². The van der Waals surface area contributed by atoms with Gasteiger partial charge in [0, 0.05) is 24.2 Å². The highest BCUT2D eigenvalue weighted by Crippen LogP contribution is 2.41. The Morgan fingerprint density at radius 1 is 1.25 bits per heavy atom. The molecule has 0 aliphatic carbocycles. The van der Waals surface area contributed by atoms with Crippen molar-refractivity contribution in [3.8, 4) is 0 Å². The molecule has 130 valence electrons. The lowest BCUT2D eigenvalue weighted by Crippen LogP contribution is -2.54. The highest BCUT2D eigenvalue weighted by Gasteiger charge is 2.42. The number of rotatable bonds is 3. The summed E-state index contributed by atoms with van der Waals surface area (Å²) < 4.78 is 0. The lowest BCUT2D eigenvalue weighted by molar-refractivity contribution is -0.0444. The number of para-hydroxylation sites is 1. The van der Waals surface area contributed by atoms with Gasteiger partial charge in [-0.15, -0.1) is 31.4 Å². The molecule has 24 heavy (non-hydrogen) atoms. The third-order valence-electron chi connectivity index (χ3n) is 5.52. The van der Waals surface area contributed by atoms with Crippen molar-refractivity contribution in [3.63, 3.8) is 0 Å². The van der Waals surface area contributed by atoms with Crippen LogP contribution < -0.4 is 0 Å². The zero-order valence-electron chi connectivity index (χ0n) is 13.5. The maximum Gasteiger partial charge on any atom is 0.0952 e. The number of aliphatic hydroxyl groups is 1. The molecule has 5 heteroatoms. The van der Waals surface area contributed by atoms with E-state index >= 15 is 0 Å². The minimum Gasteiger partial charge on any atom is -0.387 e. The Labute approximate surface area is 155 Å². The van der Waals surface area contributed by atoms with Crippen molar-refractivity contribution < 1.29 is 5.11 Å². The Hall–Kier alpha value is -1.13. The number of benzene rings is 1. The zero-order chi connectivity index (χ0) is 15.1. The molecule has 2 aromatic rings. The lowest BCUT2D eigenvalue weighted by atomic mass is 9.73. The number of nitrogens with zero attached hydrogens (tertiary/aromatic N) is 2. The fraction of sp³-hybridized carbons (Fsp3) is 0.421. The summed E-state index contributed by atoms with van der Waals surface area (Å²) in [5, 5.41) is 12.1. The van der Waals surface area contributed by atoms with E-state index in [1.54, 1.807) is 0 Å². The monoisotopic (exact) mass is 366 g/mol. The lowest BCUT2D eigenvalue weighted by Gasteiger charge is -2.50. The maximum absolute atomic E-state index is 11.0. The second-order valence-corrected chi connectivity index (χ2v) is 6.61. The van der Waals surface area contributed by atoms with Gasteiger partial charge >= 0.3 is 0 Å². The Morgan fingerprint density at radius 3 is 2.75 bits per heavy atom. The summed E-state index contributed by atoms with van der Waals surface area (Å²) in [7, 11) is 0. The van der Waals surface area contributed by atoms with E-state index in [4.69, 9.17) is 0 Å². The normalized spacial score (nSPS) is 29.4. The van der Waals surface area contributed by atoms with Crippen LogP contribution in [0, 0.1) is 11.8 Å². The van der Waals surface area contributed by atoms with Crippen molar-refractivity contribution in [2.75, 3.05) is 13.1 Å². The van der Waals surface area contributed by atoms with Crippen molar-refractivity contribution in [3.05, 3.63) is 54.7 Å². The van der Waals surface area contributed by atoms with Gasteiger partial charge < -0.3 is 5.11 Å². The Bertz CT molecular complexity index is 703. The smallest absolute Gasteiger partial charge is 0.0952 e. The topological polar surface area (TPSA) is 36.4 Å². The summed E-state index contributed by atoms with van der Waals surface area (Å²) in [6.07, 6.45) is 5.76. The van der Waals surface area contributed by atoms with Gasteiger partial charge in [0.25, 0.3) is 0 Å². The van der Waals surface area contributed by atoms with Crippen LogP contribution in [-0.4, -0.2) is 34.1 Å². The van der Waals surface area contributed by atoms with Crippen molar-refractivity contribution >= 4 is 35.7 Å². The Kier molecular flexibility index (Phi) is 6.27. The minimum atomic E-state index is -0.443. The van der Waals surface area contributed by atoms with Gasteiger partial charge in [0.2, 0.25) is 0 Å². The number of piperidine rings is 3. The van der Waals surface area contributed by atoms with E-state index in [1.165, 1.54) is 6.42 Å². The predicted molar refractivity (Wildman–Crippen MR) is 103 cm³/mol. The molecule has 1 N–H and O–H groups in total. The van der Waals surface area contributed by atoms with Crippen molar-refractivity contribution in [1.82, 2.24) is 9.88 Å². The second-order valence-electron chi connectivity index (χ2n) is 6.61. The molecule has 5 rings (SSSR count). The molecule has 3 nitrogen and oxygen atoms in total. The van der Waals surface area contributed by atoms with E-state index in [-0.39, 0.29) is 30.9 Å². The molecule has 3 fully saturated rings. The van der Waals surface area contributed by atoms with Crippen LogP contribution in [0.25, 0.3) is 10.9 Å². The average molecular weight is 367 g/mol. The summed E-state index contributed by atoms with van der Waals surface area (Å²) in [6.45, 7) is 6.11. The van der Waals surface area contributed by atoms with Crippen molar-refractivity contribution in [2.45, 2.75) is 25.0 Å². The number of hydrogen-bond acceptors (Lipinski definition) is 3. The summed E-state index contributed by atoms with van der Waals surface area (Å²) in [5.41, 5.74) is 1.97. The van der Waals surface area contributed by atoms with Gasteiger partial charge in [-0.05, 0) is 48.9 Å². The van der Waals surface area contributed by atoms with Gasteiger partial charge in [-0.1, -0.05) is 24.3 Å². The van der Waals surface area contributed by atoms with Crippen molar-refractivity contribution in [1.29, 1.82) is 0 Å². The summed E-state index contributed by atoms with van der Waals surface area (Å²) >= 11 is 0. The number of aromatic nitrogens is 1. The van der Waals surface area contributed by atoms with E-state index in [1.807, 2.05) is 30.5 Å². The molecule has 1 aromatic heterocycles. The molecule has 2 bridgehead atoms. The van der Waals surface area contributed by atoms with Gasteiger partial charge in [-0.3, -0.25) is 9.88 Å². The van der Waals surface area contributed by atoms with Gasteiger partial charge in [0.1, 0.15) is 0 Å². The molecule has 1 aromatic carbocycles. The first-order chi connectivity index (χ1) is 10.8. The number of pyridine rings is 1. The van der Waals surface area contributed by atoms with Gasteiger partial charge in [0.05, 0.1) is 11.6 Å². The van der Waals surface area contributed by atoms with E-state index < -0.39 is 6.10 Å². The van der Waals surface area contributed by atoms with Crippen LogP contribution in [0.3, 0.4) is 0 Å². The van der Waals surface area contributed by atoms with Crippen LogP contribution in [-0.2, 0) is 0 Å². The standard InChI is InChI=1S/C19H22N2O.2ClH/c1-2-13-12-21-10-8-14(13)11-18(21)19(22)16-7-9-20-17-6-4-3-5-15(16)17;;/h2-7,9,13-14,18-19,22H,1,8,10-12H2;2*1H. The Balaban J connectivity index is 0.00000104. The van der Waals surface area contributed by atoms with Gasteiger partial charge in [-0.25, -0.2) is 0 Å². The molecule has 0 radical (unpaired) electrons. The van der Waals surface area contributed by atoms with Gasteiger partial charge in [-0.2, -0.15) is 0 Å². The molecule has 0 amide bonds. The number of aliphatic hydroxyl groups excluding tert-OH is 1. The van der Waals surface area contributed by atoms with Crippen molar-refractivity contribution in [2.24, 2.45) is 11.8 Å². The third-order valence-corrected chi connectivity index (χ3v) is 5.52. The minimum absolute atomic E-state index is 0. The molecular weight excluding hydrogens is 343 g/mol. The number of hydrogen-bond donors (Lipinski definition) is 1. The first kappa shape index (κ1) is 19.2. The fourth-order valence-corrected chi connectivity index (χ4v) is 4.29. The van der Waals surface area contributed by atoms with E-state index in [0.717, 1.165) is 36.0 Å². The predicted octanol–water partition coefficient (Wildman–Crippen LogP) is 4.01. The van der Waals surface area contributed by atoms with Crippen LogP contribution in [0.2, 0.25) is 0 Å². The van der Waals surface area contributed by atoms with Gasteiger partial charge in [0.15, 0.2) is 0 Å². The molecule has 3 saturated heterocycles. The highest BCUT2D eigenvalue weighted by molar-refractivity contribution is 5.85. The molecule has 5 unspecified atom stereocenters. The van der Waals surface area contributed by atoms with E-state index in [2.05, 4.69) is 28.6 Å². The first-order valence-electron chi connectivity index (χ1n) is 8.16. The fourth-order valence-electron chi connectivity index (χ4n) is 4.29. The third kappa shape index (κ3) is 3.18. The summed E-state index contributed by atoms with van der Waals surface area (Å²) in [5.74, 6) is 1.27. The highest BCUT2D eigenvalue weighted by atomic mass is 35.5. The largest absolute Gasteiger partial charge is 0.387 e. The van der Waals surface area contributed by atoms with Crippen LogP contribution in [0.15, 0.2) is 49.2 Å². The Morgan fingerprint density at radius 2 is 2.04 bits per heavy atom. The molecule has 4 heterocycles. The summed E-state index contributed by atoms with van der Waals surface area (Å²) in [4.78, 5) is 6.86. The zero-order valence-corrected chi connectivity index (χ0v) is 15.2. The molecule has 0 spiro atoms. The van der Waals surface area contributed by atoms with E-state index in [9.17, 15) is 5.11 Å². The average Bonchev–Trinajstić information content (AvgIpc) is 2.60. The number of fused-ring (bicyclic) bond motifs is 4. The first-order valence-corrected chi connectivity index (χ1v) is 8.16. The quantitative estimate of drug-likeness (QED) is 0.833. The molecule has 0 saturated carbocycles. The van der Waals surface area contributed by atoms with E-state index in [0.29, 0.717) is 11.8 Å². The molecule has 3 aliphatic heterocycles. The SMILES string of the molecule is C=CC1CN2CCC1CC2C(O)c1ccnc2ccccc12.Cl.Cl. The summed E-state index contributed by atoms with van der Waals surface area (Å²) in [6, 6.07) is 10.3.